The molecule has 0 radical (unpaired) electrons. The smallest absolute Gasteiger partial charge is 0.310 e. The Bertz CT molecular complexity index is 1110. The molecule has 8 nitrogen and oxygen atoms in total. The van der Waals surface area contributed by atoms with Crippen molar-refractivity contribution in [1.29, 1.82) is 0 Å². The molecule has 2 heterocycles. The topological polar surface area (TPSA) is 94.2 Å². The molecule has 1 atom stereocenters. The van der Waals surface area contributed by atoms with Gasteiger partial charge in [-0.25, -0.2) is 0 Å². The molecule has 2 aromatic carbocycles. The Morgan fingerprint density at radius 3 is 2.85 bits per heavy atom. The van der Waals surface area contributed by atoms with Gasteiger partial charge in [-0.1, -0.05) is 18.2 Å². The maximum Gasteiger partial charge on any atom is 0.310 e. The Hall–Kier alpha value is -3.81. The first-order valence-corrected chi connectivity index (χ1v) is 10.9. The number of carbonyl (C=O) groups excluding carboxylic acids is 3. The molecule has 0 spiro atoms. The SMILES string of the molecule is CCOC(=O)C1CCCN(C(=O)c2ccc3c(c2)NC(=O)/C(=C/c2ccccc2OC)O3)C1. The van der Waals surface area contributed by atoms with Gasteiger partial charge in [0.1, 0.15) is 5.75 Å². The van der Waals surface area contributed by atoms with Crippen LogP contribution < -0.4 is 14.8 Å². The third kappa shape index (κ3) is 4.84. The van der Waals surface area contributed by atoms with Crippen LogP contribution in [0.2, 0.25) is 0 Å². The van der Waals surface area contributed by atoms with E-state index < -0.39 is 5.91 Å². The molecule has 2 amide bonds. The summed E-state index contributed by atoms with van der Waals surface area (Å²) in [4.78, 5) is 39.4. The molecule has 4 rings (SSSR count). The van der Waals surface area contributed by atoms with Crippen molar-refractivity contribution in [3.05, 3.63) is 59.4 Å². The van der Waals surface area contributed by atoms with Crippen molar-refractivity contribution < 1.29 is 28.6 Å². The number of hydrogen-bond donors (Lipinski definition) is 1. The zero-order chi connectivity index (χ0) is 23.4. The molecule has 1 saturated heterocycles. The third-order valence-corrected chi connectivity index (χ3v) is 5.67. The summed E-state index contributed by atoms with van der Waals surface area (Å²) in [5.74, 6) is -0.0123. The summed E-state index contributed by atoms with van der Waals surface area (Å²) < 4.78 is 16.2. The minimum Gasteiger partial charge on any atom is -0.496 e. The summed E-state index contributed by atoms with van der Waals surface area (Å²) in [6, 6.07) is 12.2. The second-order valence-electron chi connectivity index (χ2n) is 7.86. The number of esters is 1. The number of ether oxygens (including phenoxy) is 3. The number of piperidine rings is 1. The Morgan fingerprint density at radius 1 is 1.24 bits per heavy atom. The summed E-state index contributed by atoms with van der Waals surface area (Å²) in [5.41, 5.74) is 1.54. The monoisotopic (exact) mass is 450 g/mol. The highest BCUT2D eigenvalue weighted by Crippen LogP contribution is 2.34. The van der Waals surface area contributed by atoms with Crippen molar-refractivity contribution in [3.63, 3.8) is 0 Å². The molecule has 1 fully saturated rings. The first-order valence-electron chi connectivity index (χ1n) is 10.9. The Kier molecular flexibility index (Phi) is 6.63. The van der Waals surface area contributed by atoms with Crippen molar-refractivity contribution >= 4 is 29.5 Å². The fourth-order valence-corrected chi connectivity index (χ4v) is 4.02. The highest BCUT2D eigenvalue weighted by atomic mass is 16.5. The Balaban J connectivity index is 1.51. The molecular weight excluding hydrogens is 424 g/mol. The number of rotatable bonds is 5. The number of anilines is 1. The lowest BCUT2D eigenvalue weighted by Gasteiger charge is -2.32. The van der Waals surface area contributed by atoms with Gasteiger partial charge in [0.2, 0.25) is 0 Å². The van der Waals surface area contributed by atoms with Crippen molar-refractivity contribution in [2.75, 3.05) is 32.1 Å². The largest absolute Gasteiger partial charge is 0.496 e. The van der Waals surface area contributed by atoms with Gasteiger partial charge in [-0.05, 0) is 50.1 Å². The number of fused-ring (bicyclic) bond motifs is 1. The van der Waals surface area contributed by atoms with Crippen molar-refractivity contribution in [2.24, 2.45) is 5.92 Å². The van der Waals surface area contributed by atoms with E-state index in [-0.39, 0.29) is 23.6 Å². The van der Waals surface area contributed by atoms with Gasteiger partial charge in [0.15, 0.2) is 11.5 Å². The molecule has 1 unspecified atom stereocenters. The average Bonchev–Trinajstić information content (AvgIpc) is 2.84. The van der Waals surface area contributed by atoms with Gasteiger partial charge in [0.25, 0.3) is 11.8 Å². The predicted molar refractivity (Wildman–Crippen MR) is 122 cm³/mol. The fraction of sp³-hybridized carbons (Fsp3) is 0.320. The molecule has 0 bridgehead atoms. The summed E-state index contributed by atoms with van der Waals surface area (Å²) in [5, 5.41) is 2.79. The highest BCUT2D eigenvalue weighted by molar-refractivity contribution is 6.09. The van der Waals surface area contributed by atoms with Crippen LogP contribution >= 0.6 is 0 Å². The molecule has 0 aromatic heterocycles. The zero-order valence-electron chi connectivity index (χ0n) is 18.6. The molecule has 172 valence electrons. The van der Waals surface area contributed by atoms with Crippen LogP contribution in [0.15, 0.2) is 48.2 Å². The highest BCUT2D eigenvalue weighted by Gasteiger charge is 2.31. The van der Waals surface area contributed by atoms with E-state index in [1.807, 2.05) is 18.2 Å². The van der Waals surface area contributed by atoms with Crippen LogP contribution in [0.5, 0.6) is 11.5 Å². The van der Waals surface area contributed by atoms with Gasteiger partial charge in [-0.3, -0.25) is 14.4 Å². The number of para-hydroxylation sites is 1. The van der Waals surface area contributed by atoms with Crippen LogP contribution in [-0.2, 0) is 14.3 Å². The standard InChI is InChI=1S/C25H26N2O6/c1-3-32-25(30)18-8-6-12-27(15-18)24(29)17-10-11-21-19(13-17)26-23(28)22(33-21)14-16-7-4-5-9-20(16)31-2/h4-5,7,9-11,13-14,18H,3,6,8,12,15H2,1-2H3,(H,26,28)/b22-14-. The minimum absolute atomic E-state index is 0.124. The van der Waals surface area contributed by atoms with Gasteiger partial charge < -0.3 is 24.4 Å². The second kappa shape index (κ2) is 9.77. The first kappa shape index (κ1) is 22.4. The molecule has 33 heavy (non-hydrogen) atoms. The number of amides is 2. The Labute approximate surface area is 192 Å². The predicted octanol–water partition coefficient (Wildman–Crippen LogP) is 3.48. The van der Waals surface area contributed by atoms with Crippen LogP contribution in [-0.4, -0.2) is 49.5 Å². The van der Waals surface area contributed by atoms with E-state index in [1.165, 1.54) is 0 Å². The summed E-state index contributed by atoms with van der Waals surface area (Å²) in [6.45, 7) is 2.98. The van der Waals surface area contributed by atoms with Crippen LogP contribution in [0.1, 0.15) is 35.7 Å². The van der Waals surface area contributed by atoms with Crippen LogP contribution in [0.3, 0.4) is 0 Å². The number of nitrogens with one attached hydrogen (secondary N) is 1. The maximum atomic E-state index is 13.1. The molecular formula is C25H26N2O6. The van der Waals surface area contributed by atoms with E-state index in [0.29, 0.717) is 54.4 Å². The minimum atomic E-state index is -0.418. The van der Waals surface area contributed by atoms with Gasteiger partial charge >= 0.3 is 5.97 Å². The second-order valence-corrected chi connectivity index (χ2v) is 7.86. The first-order chi connectivity index (χ1) is 16.0. The Morgan fingerprint density at radius 2 is 2.06 bits per heavy atom. The van der Waals surface area contributed by atoms with Gasteiger partial charge in [0.05, 0.1) is 25.3 Å². The average molecular weight is 450 g/mol. The van der Waals surface area contributed by atoms with E-state index >= 15 is 0 Å². The zero-order valence-corrected chi connectivity index (χ0v) is 18.6. The quantitative estimate of drug-likeness (QED) is 0.554. The van der Waals surface area contributed by atoms with Crippen LogP contribution in [0.25, 0.3) is 6.08 Å². The number of methoxy groups -OCH3 is 1. The van der Waals surface area contributed by atoms with E-state index in [4.69, 9.17) is 14.2 Å². The molecule has 2 aliphatic heterocycles. The molecule has 8 heteroatoms. The number of benzene rings is 2. The molecule has 2 aromatic rings. The van der Waals surface area contributed by atoms with E-state index in [0.717, 1.165) is 6.42 Å². The third-order valence-electron chi connectivity index (χ3n) is 5.67. The van der Waals surface area contributed by atoms with Gasteiger partial charge in [0, 0.05) is 24.2 Å². The number of likely N-dealkylation sites (tertiary alicyclic amines) is 1. The number of nitrogens with zero attached hydrogens (tertiary/aromatic N) is 1. The molecule has 0 saturated carbocycles. The lowest BCUT2D eigenvalue weighted by molar-refractivity contribution is -0.149. The fourth-order valence-electron chi connectivity index (χ4n) is 4.02. The van der Waals surface area contributed by atoms with Crippen molar-refractivity contribution in [3.8, 4) is 11.5 Å². The van der Waals surface area contributed by atoms with Gasteiger partial charge in [-0.2, -0.15) is 0 Å². The van der Waals surface area contributed by atoms with Crippen molar-refractivity contribution in [1.82, 2.24) is 4.90 Å². The van der Waals surface area contributed by atoms with Crippen LogP contribution in [0, 0.1) is 5.92 Å². The van der Waals surface area contributed by atoms with Gasteiger partial charge in [-0.15, -0.1) is 0 Å². The lowest BCUT2D eigenvalue weighted by atomic mass is 9.97. The number of hydrogen-bond acceptors (Lipinski definition) is 6. The summed E-state index contributed by atoms with van der Waals surface area (Å²) in [6.07, 6.45) is 3.05. The summed E-state index contributed by atoms with van der Waals surface area (Å²) in [7, 11) is 1.56. The van der Waals surface area contributed by atoms with E-state index in [9.17, 15) is 14.4 Å². The van der Waals surface area contributed by atoms with E-state index in [1.54, 1.807) is 49.3 Å². The lowest BCUT2D eigenvalue weighted by Crippen LogP contribution is -2.42. The van der Waals surface area contributed by atoms with E-state index in [2.05, 4.69) is 5.32 Å². The normalized spacial score (nSPS) is 18.7. The maximum absolute atomic E-state index is 13.1. The van der Waals surface area contributed by atoms with Crippen LogP contribution in [0.4, 0.5) is 5.69 Å². The molecule has 2 aliphatic rings. The molecule has 0 aliphatic carbocycles. The number of carbonyl (C=O) groups is 3. The van der Waals surface area contributed by atoms with Crippen molar-refractivity contribution in [2.45, 2.75) is 19.8 Å². The summed E-state index contributed by atoms with van der Waals surface area (Å²) >= 11 is 0. The molecule has 1 N–H and O–H groups in total.